The number of aromatic nitrogens is 2. The second-order valence-corrected chi connectivity index (χ2v) is 7.13. The number of carbonyl (C=O) groups is 1. The molecule has 2 aromatic carbocycles. The average Bonchev–Trinajstić information content (AvgIpc) is 3.05. The van der Waals surface area contributed by atoms with Gasteiger partial charge in [-0.1, -0.05) is 23.8 Å². The molecule has 0 fully saturated rings. The Morgan fingerprint density at radius 1 is 1.15 bits per heavy atom. The minimum absolute atomic E-state index is 0.0998. The van der Waals surface area contributed by atoms with Gasteiger partial charge in [0.15, 0.2) is 0 Å². The number of nitrogens with zero attached hydrogens (tertiary/aromatic N) is 2. The first-order valence-electron chi connectivity index (χ1n) is 8.37. The van der Waals surface area contributed by atoms with Crippen LogP contribution < -0.4 is 10.0 Å². The summed E-state index contributed by atoms with van der Waals surface area (Å²) in [7, 11) is 1.86. The van der Waals surface area contributed by atoms with Crippen LogP contribution in [-0.2, 0) is 13.6 Å². The number of carbonyl (C=O) groups excluding carboxylic acids is 1. The van der Waals surface area contributed by atoms with Crippen LogP contribution in [0, 0.1) is 13.8 Å². The van der Waals surface area contributed by atoms with Gasteiger partial charge in [0.25, 0.3) is 5.91 Å². The molecule has 2 N–H and O–H groups in total. The molecule has 3 rings (SSSR count). The zero-order valence-electron chi connectivity index (χ0n) is 15.1. The van der Waals surface area contributed by atoms with Gasteiger partial charge in [0.2, 0.25) is 0 Å². The second kappa shape index (κ2) is 8.10. The molecule has 0 aliphatic carbocycles. The summed E-state index contributed by atoms with van der Waals surface area (Å²) >= 11 is 1.54. The normalized spacial score (nSPS) is 10.6. The lowest BCUT2D eigenvalue weighted by atomic mass is 10.1. The summed E-state index contributed by atoms with van der Waals surface area (Å²) in [6.07, 6.45) is 3.64. The highest BCUT2D eigenvalue weighted by Crippen LogP contribution is 2.25. The fourth-order valence-electron chi connectivity index (χ4n) is 2.44. The Morgan fingerprint density at radius 3 is 2.62 bits per heavy atom. The molecule has 0 atom stereocenters. The lowest BCUT2D eigenvalue weighted by Crippen LogP contribution is -2.22. The summed E-state index contributed by atoms with van der Waals surface area (Å²) < 4.78 is 5.06. The monoisotopic (exact) mass is 366 g/mol. The van der Waals surface area contributed by atoms with Crippen LogP contribution in [0.1, 0.15) is 27.0 Å². The molecule has 1 amide bonds. The topological polar surface area (TPSA) is 59.0 Å². The third kappa shape index (κ3) is 4.67. The SMILES string of the molecule is Cc1ccc(SNc2cc(C(=O)NCc3cnn(C)c3)ccc2C)cc1. The molecule has 26 heavy (non-hydrogen) atoms. The van der Waals surface area contributed by atoms with Gasteiger partial charge >= 0.3 is 0 Å². The van der Waals surface area contributed by atoms with Gasteiger partial charge in [0.1, 0.15) is 0 Å². The molecule has 3 aromatic rings. The predicted octanol–water partition coefficient (Wildman–Crippen LogP) is 4.09. The fourth-order valence-corrected chi connectivity index (χ4v) is 3.16. The molecule has 1 aromatic heterocycles. The second-order valence-electron chi connectivity index (χ2n) is 6.25. The lowest BCUT2D eigenvalue weighted by Gasteiger charge is -2.11. The fraction of sp³-hybridized carbons (Fsp3) is 0.200. The lowest BCUT2D eigenvalue weighted by molar-refractivity contribution is 0.0951. The molecule has 0 radical (unpaired) electrons. The quantitative estimate of drug-likeness (QED) is 0.645. The van der Waals surface area contributed by atoms with Crippen LogP contribution in [0.3, 0.4) is 0 Å². The maximum absolute atomic E-state index is 12.4. The number of hydrogen-bond acceptors (Lipinski definition) is 4. The van der Waals surface area contributed by atoms with E-state index in [1.165, 1.54) is 17.5 Å². The van der Waals surface area contributed by atoms with E-state index in [-0.39, 0.29) is 5.91 Å². The Kier molecular flexibility index (Phi) is 5.63. The molecule has 134 valence electrons. The summed E-state index contributed by atoms with van der Waals surface area (Å²) in [4.78, 5) is 13.6. The van der Waals surface area contributed by atoms with E-state index in [0.29, 0.717) is 12.1 Å². The molecule has 5 nitrogen and oxygen atoms in total. The number of nitrogens with one attached hydrogen (secondary N) is 2. The van der Waals surface area contributed by atoms with Crippen LogP contribution in [-0.4, -0.2) is 15.7 Å². The van der Waals surface area contributed by atoms with Crippen LogP contribution in [0.25, 0.3) is 0 Å². The Morgan fingerprint density at radius 2 is 1.92 bits per heavy atom. The van der Waals surface area contributed by atoms with E-state index in [0.717, 1.165) is 21.7 Å². The molecule has 0 unspecified atom stereocenters. The van der Waals surface area contributed by atoms with Crippen molar-refractivity contribution in [3.05, 3.63) is 77.1 Å². The molecule has 0 bridgehead atoms. The summed E-state index contributed by atoms with van der Waals surface area (Å²) in [6, 6.07) is 14.0. The van der Waals surface area contributed by atoms with Gasteiger partial charge in [-0.25, -0.2) is 0 Å². The van der Waals surface area contributed by atoms with Gasteiger partial charge in [0, 0.05) is 41.5 Å². The highest BCUT2D eigenvalue weighted by Gasteiger charge is 2.09. The smallest absolute Gasteiger partial charge is 0.251 e. The first-order chi connectivity index (χ1) is 12.5. The molecular formula is C20H22N4OS. The highest BCUT2D eigenvalue weighted by atomic mass is 32.2. The summed E-state index contributed by atoms with van der Waals surface area (Å²) in [5.74, 6) is -0.0998. The average molecular weight is 366 g/mol. The number of benzene rings is 2. The van der Waals surface area contributed by atoms with E-state index < -0.39 is 0 Å². The van der Waals surface area contributed by atoms with E-state index in [1.54, 1.807) is 10.9 Å². The van der Waals surface area contributed by atoms with E-state index in [4.69, 9.17) is 0 Å². The maximum atomic E-state index is 12.4. The van der Waals surface area contributed by atoms with Gasteiger partial charge in [-0.05, 0) is 55.6 Å². The van der Waals surface area contributed by atoms with Crippen LogP contribution in [0.4, 0.5) is 5.69 Å². The van der Waals surface area contributed by atoms with Crippen LogP contribution in [0.15, 0.2) is 59.8 Å². The molecule has 6 heteroatoms. The van der Waals surface area contributed by atoms with Crippen LogP contribution in [0.5, 0.6) is 0 Å². The van der Waals surface area contributed by atoms with Crippen LogP contribution in [0.2, 0.25) is 0 Å². The van der Waals surface area contributed by atoms with Crippen molar-refractivity contribution in [2.24, 2.45) is 7.05 Å². The van der Waals surface area contributed by atoms with Crippen LogP contribution >= 0.6 is 11.9 Å². The number of aryl methyl sites for hydroxylation is 3. The van der Waals surface area contributed by atoms with Crippen molar-refractivity contribution >= 4 is 23.5 Å². The first kappa shape index (κ1) is 18.1. The molecule has 0 saturated carbocycles. The minimum atomic E-state index is -0.0998. The molecule has 0 aliphatic heterocycles. The highest BCUT2D eigenvalue weighted by molar-refractivity contribution is 8.00. The number of rotatable bonds is 6. The predicted molar refractivity (Wildman–Crippen MR) is 106 cm³/mol. The van der Waals surface area contributed by atoms with Crippen molar-refractivity contribution < 1.29 is 4.79 Å². The van der Waals surface area contributed by atoms with Crippen molar-refractivity contribution in [3.8, 4) is 0 Å². The Hall–Kier alpha value is -2.73. The summed E-state index contributed by atoms with van der Waals surface area (Å²) in [5.41, 5.74) is 4.86. The van der Waals surface area contributed by atoms with Crippen molar-refractivity contribution in [1.82, 2.24) is 15.1 Å². The third-order valence-electron chi connectivity index (χ3n) is 4.01. The molecule has 1 heterocycles. The zero-order chi connectivity index (χ0) is 18.5. The van der Waals surface area contributed by atoms with Crippen molar-refractivity contribution in [2.75, 3.05) is 4.72 Å². The largest absolute Gasteiger partial charge is 0.348 e. The first-order valence-corrected chi connectivity index (χ1v) is 9.19. The van der Waals surface area contributed by atoms with Crippen molar-refractivity contribution in [3.63, 3.8) is 0 Å². The van der Waals surface area contributed by atoms with E-state index in [1.807, 2.05) is 38.4 Å². The summed E-state index contributed by atoms with van der Waals surface area (Å²) in [5, 5.41) is 7.03. The molecule has 0 saturated heterocycles. The number of hydrogen-bond donors (Lipinski definition) is 2. The van der Waals surface area contributed by atoms with Crippen molar-refractivity contribution in [1.29, 1.82) is 0 Å². The Balaban J connectivity index is 1.64. The standard InChI is InChI=1S/C20H22N4OS/c1-14-4-8-18(9-5-14)26-23-19-10-17(7-6-15(19)2)20(25)21-11-16-12-22-24(3)13-16/h4-10,12-13,23H,11H2,1-3H3,(H,21,25). The zero-order valence-corrected chi connectivity index (χ0v) is 15.9. The number of anilines is 1. The van der Waals surface area contributed by atoms with Gasteiger partial charge < -0.3 is 10.0 Å². The van der Waals surface area contributed by atoms with Crippen molar-refractivity contribution in [2.45, 2.75) is 25.3 Å². The van der Waals surface area contributed by atoms with Gasteiger partial charge in [-0.2, -0.15) is 5.10 Å². The summed E-state index contributed by atoms with van der Waals surface area (Å²) in [6.45, 7) is 4.55. The van der Waals surface area contributed by atoms with Gasteiger partial charge in [-0.15, -0.1) is 0 Å². The van der Waals surface area contributed by atoms with Gasteiger partial charge in [0.05, 0.1) is 6.20 Å². The van der Waals surface area contributed by atoms with E-state index >= 15 is 0 Å². The Labute approximate surface area is 157 Å². The Bertz CT molecular complexity index is 902. The van der Waals surface area contributed by atoms with E-state index in [2.05, 4.69) is 46.3 Å². The molecule has 0 spiro atoms. The maximum Gasteiger partial charge on any atom is 0.251 e. The van der Waals surface area contributed by atoms with Gasteiger partial charge in [-0.3, -0.25) is 9.48 Å². The molecular weight excluding hydrogens is 344 g/mol. The number of amides is 1. The minimum Gasteiger partial charge on any atom is -0.348 e. The third-order valence-corrected chi connectivity index (χ3v) is 4.84. The molecule has 0 aliphatic rings. The van der Waals surface area contributed by atoms with E-state index in [9.17, 15) is 4.79 Å².